The Kier molecular flexibility index (Phi) is 5.20. The number of hydrogen-bond acceptors (Lipinski definition) is 1. The highest BCUT2D eigenvalue weighted by Crippen LogP contribution is 2.30. The first kappa shape index (κ1) is 14.0. The molecule has 1 aromatic carbocycles. The average molecular weight is 286 g/mol. The first-order valence-corrected chi connectivity index (χ1v) is 7.64. The van der Waals surface area contributed by atoms with E-state index >= 15 is 0 Å². The summed E-state index contributed by atoms with van der Waals surface area (Å²) in [6.07, 6.45) is 9.22. The molecule has 1 fully saturated rings. The Morgan fingerprint density at radius 2 is 1.56 bits per heavy atom. The third-order valence-corrected chi connectivity index (χ3v) is 4.43. The van der Waals surface area contributed by atoms with Gasteiger partial charge in [-0.05, 0) is 37.5 Å². The molecule has 0 heterocycles. The minimum atomic E-state index is 0.543. The van der Waals surface area contributed by atoms with Crippen LogP contribution in [0.4, 0.5) is 5.69 Å². The van der Waals surface area contributed by atoms with Crippen molar-refractivity contribution in [3.63, 3.8) is 0 Å². The smallest absolute Gasteiger partial charge is 0.0641 e. The molecule has 1 saturated carbocycles. The summed E-state index contributed by atoms with van der Waals surface area (Å²) in [4.78, 5) is 0. The second-order valence-electron chi connectivity index (χ2n) is 5.27. The Balaban J connectivity index is 2.05. The van der Waals surface area contributed by atoms with Crippen molar-refractivity contribution in [1.29, 1.82) is 0 Å². The van der Waals surface area contributed by atoms with Crippen LogP contribution in [0.25, 0.3) is 0 Å². The highest BCUT2D eigenvalue weighted by molar-refractivity contribution is 6.35. The van der Waals surface area contributed by atoms with Gasteiger partial charge in [0.05, 0.1) is 10.7 Å². The fraction of sp³-hybridized carbons (Fsp3) is 0.600. The topological polar surface area (TPSA) is 12.0 Å². The SMILES string of the molecule is Cc1cc(Cl)c(NC2CCCCCCC2)cc1Cl. The highest BCUT2D eigenvalue weighted by atomic mass is 35.5. The van der Waals surface area contributed by atoms with E-state index in [-0.39, 0.29) is 0 Å². The van der Waals surface area contributed by atoms with Gasteiger partial charge in [0, 0.05) is 11.1 Å². The lowest BCUT2D eigenvalue weighted by molar-refractivity contribution is 0.471. The fourth-order valence-corrected chi connectivity index (χ4v) is 3.01. The zero-order valence-electron chi connectivity index (χ0n) is 10.9. The summed E-state index contributed by atoms with van der Waals surface area (Å²) in [7, 11) is 0. The molecule has 2 rings (SSSR count). The molecule has 18 heavy (non-hydrogen) atoms. The van der Waals surface area contributed by atoms with Crippen LogP contribution in [0.5, 0.6) is 0 Å². The van der Waals surface area contributed by atoms with E-state index in [9.17, 15) is 0 Å². The molecule has 1 N–H and O–H groups in total. The van der Waals surface area contributed by atoms with Crippen LogP contribution in [0.15, 0.2) is 12.1 Å². The van der Waals surface area contributed by atoms with Gasteiger partial charge in [0.15, 0.2) is 0 Å². The lowest BCUT2D eigenvalue weighted by Crippen LogP contribution is -2.20. The van der Waals surface area contributed by atoms with E-state index < -0.39 is 0 Å². The van der Waals surface area contributed by atoms with E-state index in [1.807, 2.05) is 19.1 Å². The monoisotopic (exact) mass is 285 g/mol. The summed E-state index contributed by atoms with van der Waals surface area (Å²) in [6.45, 7) is 1.98. The van der Waals surface area contributed by atoms with Crippen molar-refractivity contribution in [3.05, 3.63) is 27.7 Å². The first-order valence-electron chi connectivity index (χ1n) is 6.89. The Hall–Kier alpha value is -0.400. The molecule has 0 unspecified atom stereocenters. The van der Waals surface area contributed by atoms with Gasteiger partial charge >= 0.3 is 0 Å². The van der Waals surface area contributed by atoms with E-state index in [0.29, 0.717) is 6.04 Å². The molecule has 0 radical (unpaired) electrons. The standard InChI is InChI=1S/C15H21Cl2N/c1-11-9-14(17)15(10-13(11)16)18-12-7-5-3-2-4-6-8-12/h9-10,12,18H,2-8H2,1H3. The van der Waals surface area contributed by atoms with Gasteiger partial charge in [0.25, 0.3) is 0 Å². The molecule has 0 saturated heterocycles. The van der Waals surface area contributed by atoms with Crippen LogP contribution in [0.1, 0.15) is 50.5 Å². The van der Waals surface area contributed by atoms with Crippen molar-refractivity contribution in [1.82, 2.24) is 0 Å². The zero-order chi connectivity index (χ0) is 13.0. The van der Waals surface area contributed by atoms with Crippen molar-refractivity contribution in [2.45, 2.75) is 57.9 Å². The van der Waals surface area contributed by atoms with E-state index in [1.54, 1.807) is 0 Å². The molecule has 1 aromatic rings. The highest BCUT2D eigenvalue weighted by Gasteiger charge is 2.13. The summed E-state index contributed by atoms with van der Waals surface area (Å²) < 4.78 is 0. The van der Waals surface area contributed by atoms with Gasteiger partial charge in [-0.3, -0.25) is 0 Å². The number of anilines is 1. The van der Waals surface area contributed by atoms with Crippen LogP contribution in [-0.2, 0) is 0 Å². The first-order chi connectivity index (χ1) is 8.66. The maximum atomic E-state index is 6.27. The minimum absolute atomic E-state index is 0.543. The summed E-state index contributed by atoms with van der Waals surface area (Å²) in [5.41, 5.74) is 2.02. The van der Waals surface area contributed by atoms with Crippen molar-refractivity contribution in [2.75, 3.05) is 5.32 Å². The van der Waals surface area contributed by atoms with Gasteiger partial charge in [-0.25, -0.2) is 0 Å². The molecule has 1 nitrogen and oxygen atoms in total. The molecule has 0 atom stereocenters. The maximum Gasteiger partial charge on any atom is 0.0641 e. The molecular weight excluding hydrogens is 265 g/mol. The number of hydrogen-bond donors (Lipinski definition) is 1. The van der Waals surface area contributed by atoms with Gasteiger partial charge in [0.1, 0.15) is 0 Å². The van der Waals surface area contributed by atoms with E-state index in [1.165, 1.54) is 44.9 Å². The molecule has 0 aliphatic heterocycles. The molecule has 0 aromatic heterocycles. The predicted octanol–water partition coefficient (Wildman–Crippen LogP) is 5.83. The van der Waals surface area contributed by atoms with Gasteiger partial charge in [-0.15, -0.1) is 0 Å². The van der Waals surface area contributed by atoms with Crippen LogP contribution in [0.3, 0.4) is 0 Å². The second-order valence-corrected chi connectivity index (χ2v) is 6.08. The van der Waals surface area contributed by atoms with E-state index in [2.05, 4.69) is 5.32 Å². The zero-order valence-corrected chi connectivity index (χ0v) is 12.4. The lowest BCUT2D eigenvalue weighted by Gasteiger charge is -2.23. The maximum absolute atomic E-state index is 6.27. The van der Waals surface area contributed by atoms with Gasteiger partial charge in [-0.2, -0.15) is 0 Å². The second kappa shape index (κ2) is 6.68. The predicted molar refractivity (Wildman–Crippen MR) is 80.9 cm³/mol. The summed E-state index contributed by atoms with van der Waals surface area (Å²) in [5.74, 6) is 0. The summed E-state index contributed by atoms with van der Waals surface area (Å²) in [5, 5.41) is 5.13. The molecule has 1 aliphatic rings. The van der Waals surface area contributed by atoms with E-state index in [4.69, 9.17) is 23.2 Å². The molecular formula is C15H21Cl2N. The van der Waals surface area contributed by atoms with Gasteiger partial charge < -0.3 is 5.32 Å². The molecule has 0 amide bonds. The van der Waals surface area contributed by atoms with Crippen LogP contribution < -0.4 is 5.32 Å². The van der Waals surface area contributed by atoms with Crippen LogP contribution in [-0.4, -0.2) is 6.04 Å². The van der Waals surface area contributed by atoms with Crippen LogP contribution >= 0.6 is 23.2 Å². The molecule has 1 aliphatic carbocycles. The van der Waals surface area contributed by atoms with Crippen molar-refractivity contribution in [2.24, 2.45) is 0 Å². The van der Waals surface area contributed by atoms with Gasteiger partial charge in [-0.1, -0.05) is 55.3 Å². The Labute approximate surface area is 120 Å². The largest absolute Gasteiger partial charge is 0.381 e. The van der Waals surface area contributed by atoms with Crippen LogP contribution in [0.2, 0.25) is 10.0 Å². The third-order valence-electron chi connectivity index (χ3n) is 3.71. The molecule has 3 heteroatoms. The quantitative estimate of drug-likeness (QED) is 0.721. The van der Waals surface area contributed by atoms with Crippen molar-refractivity contribution in [3.8, 4) is 0 Å². The normalized spacial score (nSPS) is 18.2. The van der Waals surface area contributed by atoms with Crippen molar-refractivity contribution >= 4 is 28.9 Å². The van der Waals surface area contributed by atoms with Gasteiger partial charge in [0.2, 0.25) is 0 Å². The molecule has 0 bridgehead atoms. The number of halogens is 2. The fourth-order valence-electron chi connectivity index (χ4n) is 2.58. The number of aryl methyl sites for hydroxylation is 1. The number of benzene rings is 1. The Morgan fingerprint density at radius 1 is 0.944 bits per heavy atom. The molecule has 0 spiro atoms. The molecule has 100 valence electrons. The van der Waals surface area contributed by atoms with Crippen LogP contribution in [0, 0.1) is 6.92 Å². The lowest BCUT2D eigenvalue weighted by atomic mass is 9.96. The van der Waals surface area contributed by atoms with E-state index in [0.717, 1.165) is 21.3 Å². The third kappa shape index (κ3) is 3.80. The average Bonchev–Trinajstić information content (AvgIpc) is 2.29. The number of nitrogens with one attached hydrogen (secondary N) is 1. The summed E-state index contributed by atoms with van der Waals surface area (Å²) >= 11 is 12.4. The number of rotatable bonds is 2. The van der Waals surface area contributed by atoms with Crippen molar-refractivity contribution < 1.29 is 0 Å². The summed E-state index contributed by atoms with van der Waals surface area (Å²) in [6, 6.07) is 4.44. The Bertz CT molecular complexity index is 396. The Morgan fingerprint density at radius 3 is 2.22 bits per heavy atom. The minimum Gasteiger partial charge on any atom is -0.381 e.